The van der Waals surface area contributed by atoms with Crippen molar-refractivity contribution in [3.8, 4) is 0 Å². The number of esters is 1. The lowest BCUT2D eigenvalue weighted by Crippen LogP contribution is -2.28. The molecule has 0 aliphatic carbocycles. The van der Waals surface area contributed by atoms with Crippen LogP contribution in [0, 0.1) is 17.5 Å². The Hall–Kier alpha value is -2.25. The second kappa shape index (κ2) is 8.03. The van der Waals surface area contributed by atoms with E-state index in [4.69, 9.17) is 4.74 Å². The topological polar surface area (TPSA) is 64.6 Å². The van der Waals surface area contributed by atoms with Gasteiger partial charge in [-0.05, 0) is 45.2 Å². The summed E-state index contributed by atoms with van der Waals surface area (Å²) in [5.74, 6) is -4.43. The van der Waals surface area contributed by atoms with E-state index < -0.39 is 40.8 Å². The van der Waals surface area contributed by atoms with E-state index in [2.05, 4.69) is 4.74 Å². The van der Waals surface area contributed by atoms with E-state index in [1.165, 1.54) is 7.11 Å². The van der Waals surface area contributed by atoms with Crippen molar-refractivity contribution in [2.24, 2.45) is 0 Å². The van der Waals surface area contributed by atoms with Gasteiger partial charge in [-0.2, -0.15) is 0 Å². The van der Waals surface area contributed by atoms with Crippen LogP contribution < -0.4 is 5.32 Å². The maximum absolute atomic E-state index is 14.3. The molecule has 0 unspecified atom stereocenters. The first-order valence-electron chi connectivity index (χ1n) is 7.28. The summed E-state index contributed by atoms with van der Waals surface area (Å²) >= 11 is 0. The Bertz CT molecular complexity index is 627. The standard InChI is InChI=1S/C16H20F3NO4/c1-16(2,3)24-15(22)20-14-12(18)9(8-10(17)13(14)19)6-5-7-11(21)23-4/h8H,5-7H2,1-4H3,(H,20,22). The summed E-state index contributed by atoms with van der Waals surface area (Å²) in [5, 5.41) is 1.88. The van der Waals surface area contributed by atoms with Gasteiger partial charge in [0.1, 0.15) is 11.3 Å². The lowest BCUT2D eigenvalue weighted by atomic mass is 10.1. The summed E-state index contributed by atoms with van der Waals surface area (Å²) in [6.45, 7) is 4.72. The second-order valence-corrected chi connectivity index (χ2v) is 6.08. The number of amides is 1. The summed E-state index contributed by atoms with van der Waals surface area (Å²) in [5.41, 5.74) is -1.96. The summed E-state index contributed by atoms with van der Waals surface area (Å²) in [6.07, 6.45) is -0.947. The number of carbonyl (C=O) groups excluding carboxylic acids is 2. The van der Waals surface area contributed by atoms with Gasteiger partial charge in [0.15, 0.2) is 17.5 Å². The van der Waals surface area contributed by atoms with E-state index in [1.807, 2.05) is 5.32 Å². The van der Waals surface area contributed by atoms with Crippen molar-refractivity contribution < 1.29 is 32.2 Å². The fraction of sp³-hybridized carbons (Fsp3) is 0.500. The first-order chi connectivity index (χ1) is 11.0. The number of halogens is 3. The maximum Gasteiger partial charge on any atom is 0.412 e. The zero-order valence-corrected chi connectivity index (χ0v) is 14.0. The van der Waals surface area contributed by atoms with Crippen molar-refractivity contribution in [3.63, 3.8) is 0 Å². The fourth-order valence-corrected chi connectivity index (χ4v) is 1.88. The molecule has 1 N–H and O–H groups in total. The van der Waals surface area contributed by atoms with Crippen LogP contribution in [0.15, 0.2) is 6.07 Å². The summed E-state index contributed by atoms with van der Waals surface area (Å²) in [4.78, 5) is 22.7. The van der Waals surface area contributed by atoms with Gasteiger partial charge in [0, 0.05) is 6.42 Å². The zero-order chi connectivity index (χ0) is 18.5. The SMILES string of the molecule is COC(=O)CCCc1cc(F)c(F)c(NC(=O)OC(C)(C)C)c1F. The Morgan fingerprint density at radius 3 is 2.33 bits per heavy atom. The van der Waals surface area contributed by atoms with E-state index in [0.29, 0.717) is 6.07 Å². The number of nitrogens with one attached hydrogen (secondary N) is 1. The average molecular weight is 347 g/mol. The molecule has 24 heavy (non-hydrogen) atoms. The number of ether oxygens (including phenoxy) is 2. The number of methoxy groups -OCH3 is 1. The predicted molar refractivity (Wildman–Crippen MR) is 81.1 cm³/mol. The summed E-state index contributed by atoms with van der Waals surface area (Å²) in [6, 6.07) is 0.697. The zero-order valence-electron chi connectivity index (χ0n) is 14.0. The van der Waals surface area contributed by atoms with Gasteiger partial charge < -0.3 is 9.47 Å². The molecule has 0 radical (unpaired) electrons. The van der Waals surface area contributed by atoms with E-state index in [9.17, 15) is 22.8 Å². The van der Waals surface area contributed by atoms with Gasteiger partial charge in [-0.15, -0.1) is 0 Å². The molecule has 1 amide bonds. The van der Waals surface area contributed by atoms with Gasteiger partial charge in [-0.25, -0.2) is 18.0 Å². The molecule has 0 heterocycles. The maximum atomic E-state index is 14.3. The number of aryl methyl sites for hydroxylation is 1. The van der Waals surface area contributed by atoms with Gasteiger partial charge >= 0.3 is 12.1 Å². The first-order valence-corrected chi connectivity index (χ1v) is 7.28. The highest BCUT2D eigenvalue weighted by molar-refractivity contribution is 5.85. The van der Waals surface area contributed by atoms with Crippen molar-refractivity contribution in [2.75, 3.05) is 12.4 Å². The molecule has 0 aliphatic heterocycles. The molecule has 0 atom stereocenters. The molecule has 0 bridgehead atoms. The predicted octanol–water partition coefficient (Wildman–Crippen LogP) is 3.95. The molecule has 0 aliphatic rings. The van der Waals surface area contributed by atoms with Crippen molar-refractivity contribution in [3.05, 3.63) is 29.1 Å². The van der Waals surface area contributed by atoms with Crippen LogP contribution >= 0.6 is 0 Å². The lowest BCUT2D eigenvalue weighted by molar-refractivity contribution is -0.140. The Morgan fingerprint density at radius 1 is 1.17 bits per heavy atom. The largest absolute Gasteiger partial charge is 0.469 e. The number of hydrogen-bond acceptors (Lipinski definition) is 4. The lowest BCUT2D eigenvalue weighted by Gasteiger charge is -2.20. The second-order valence-electron chi connectivity index (χ2n) is 6.08. The van der Waals surface area contributed by atoms with Gasteiger partial charge in [0.05, 0.1) is 7.11 Å². The fourth-order valence-electron chi connectivity index (χ4n) is 1.88. The minimum absolute atomic E-state index is 0.00373. The number of anilines is 1. The molecular weight excluding hydrogens is 327 g/mol. The number of rotatable bonds is 5. The average Bonchev–Trinajstić information content (AvgIpc) is 2.46. The highest BCUT2D eigenvalue weighted by Gasteiger charge is 2.23. The minimum Gasteiger partial charge on any atom is -0.469 e. The van der Waals surface area contributed by atoms with Crippen molar-refractivity contribution in [2.45, 2.75) is 45.6 Å². The van der Waals surface area contributed by atoms with Crippen LogP contribution in [0.4, 0.5) is 23.7 Å². The molecule has 1 rings (SSSR count). The van der Waals surface area contributed by atoms with E-state index in [-0.39, 0.29) is 24.8 Å². The van der Waals surface area contributed by atoms with Crippen molar-refractivity contribution in [1.82, 2.24) is 0 Å². The van der Waals surface area contributed by atoms with Crippen molar-refractivity contribution >= 4 is 17.7 Å². The number of hydrogen-bond donors (Lipinski definition) is 1. The van der Waals surface area contributed by atoms with Crippen molar-refractivity contribution in [1.29, 1.82) is 0 Å². The third kappa shape index (κ3) is 5.75. The third-order valence-electron chi connectivity index (χ3n) is 2.91. The molecule has 134 valence electrons. The van der Waals surface area contributed by atoms with Gasteiger partial charge in [-0.1, -0.05) is 0 Å². The third-order valence-corrected chi connectivity index (χ3v) is 2.91. The molecule has 5 nitrogen and oxygen atoms in total. The normalized spacial score (nSPS) is 11.1. The van der Waals surface area contributed by atoms with Crippen LogP contribution in [-0.4, -0.2) is 24.8 Å². The quantitative estimate of drug-likeness (QED) is 0.647. The Balaban J connectivity index is 2.95. The molecular formula is C16H20F3NO4. The monoisotopic (exact) mass is 347 g/mol. The van der Waals surface area contributed by atoms with Gasteiger partial charge in [-0.3, -0.25) is 10.1 Å². The van der Waals surface area contributed by atoms with Crippen LogP contribution in [0.5, 0.6) is 0 Å². The van der Waals surface area contributed by atoms with Gasteiger partial charge in [0.25, 0.3) is 0 Å². The van der Waals surface area contributed by atoms with Crippen LogP contribution in [0.25, 0.3) is 0 Å². The Kier molecular flexibility index (Phi) is 6.62. The summed E-state index contributed by atoms with van der Waals surface area (Å²) < 4.78 is 51.1. The Morgan fingerprint density at radius 2 is 1.79 bits per heavy atom. The number of carbonyl (C=O) groups is 2. The number of benzene rings is 1. The highest BCUT2D eigenvalue weighted by Crippen LogP contribution is 2.27. The van der Waals surface area contributed by atoms with Crippen LogP contribution in [0.1, 0.15) is 39.2 Å². The molecule has 0 aromatic heterocycles. The molecule has 0 saturated heterocycles. The molecule has 0 saturated carbocycles. The molecule has 1 aromatic carbocycles. The van der Waals surface area contributed by atoms with E-state index in [0.717, 1.165) is 0 Å². The van der Waals surface area contributed by atoms with Crippen LogP contribution in [0.2, 0.25) is 0 Å². The smallest absolute Gasteiger partial charge is 0.412 e. The highest BCUT2D eigenvalue weighted by atomic mass is 19.2. The molecule has 1 aromatic rings. The molecule has 0 spiro atoms. The summed E-state index contributed by atoms with van der Waals surface area (Å²) in [7, 11) is 1.21. The minimum atomic E-state index is -1.52. The molecule has 0 fully saturated rings. The van der Waals surface area contributed by atoms with Gasteiger partial charge in [0.2, 0.25) is 0 Å². The van der Waals surface area contributed by atoms with E-state index >= 15 is 0 Å². The molecule has 8 heteroatoms. The Labute approximate surface area is 138 Å². The van der Waals surface area contributed by atoms with Crippen LogP contribution in [0.3, 0.4) is 0 Å². The first kappa shape index (κ1) is 19.8. The van der Waals surface area contributed by atoms with Crippen LogP contribution in [-0.2, 0) is 20.7 Å². The van der Waals surface area contributed by atoms with E-state index in [1.54, 1.807) is 20.8 Å².